The van der Waals surface area contributed by atoms with E-state index in [1.54, 1.807) is 0 Å². The molecule has 5 atom stereocenters. The van der Waals surface area contributed by atoms with Gasteiger partial charge in [-0.15, -0.1) is 6.92 Å². The molecular weight excluding hydrogens is 372 g/mol. The van der Waals surface area contributed by atoms with Crippen molar-refractivity contribution in [3.8, 4) is 0 Å². The van der Waals surface area contributed by atoms with Gasteiger partial charge in [-0.1, -0.05) is 58.3 Å². The monoisotopic (exact) mass is 419 g/mol. The lowest BCUT2D eigenvalue weighted by Gasteiger charge is -2.37. The average Bonchev–Trinajstić information content (AvgIpc) is 2.70. The first-order valence-corrected chi connectivity index (χ1v) is 12.0. The Kier molecular flexibility index (Phi) is 12.7. The highest BCUT2D eigenvalue weighted by atomic mass is 16.5. The van der Waals surface area contributed by atoms with Gasteiger partial charge in [0.1, 0.15) is 0 Å². The molecular formula is C27H47O3-. The summed E-state index contributed by atoms with van der Waals surface area (Å²) in [6.45, 7) is 15.1. The molecule has 1 rings (SSSR count). The Morgan fingerprint density at radius 2 is 1.87 bits per heavy atom. The number of unbranched alkanes of at least 4 members (excludes halogenated alkanes) is 2. The zero-order valence-electron chi connectivity index (χ0n) is 20.2. The van der Waals surface area contributed by atoms with Gasteiger partial charge in [0.15, 0.2) is 0 Å². The largest absolute Gasteiger partial charge is 0.390 e. The number of aliphatic hydroxyl groups excluding tert-OH is 1. The Morgan fingerprint density at radius 1 is 1.17 bits per heavy atom. The van der Waals surface area contributed by atoms with Crippen molar-refractivity contribution in [3.05, 3.63) is 42.4 Å². The van der Waals surface area contributed by atoms with Gasteiger partial charge >= 0.3 is 0 Å². The van der Waals surface area contributed by atoms with E-state index >= 15 is 0 Å². The highest BCUT2D eigenvalue weighted by Crippen LogP contribution is 2.34. The minimum Gasteiger partial charge on any atom is -0.390 e. The zero-order valence-corrected chi connectivity index (χ0v) is 20.2. The highest BCUT2D eigenvalue weighted by Gasteiger charge is 2.34. The first kappa shape index (κ1) is 27.0. The van der Waals surface area contributed by atoms with Gasteiger partial charge in [-0.05, 0) is 62.9 Å². The van der Waals surface area contributed by atoms with Gasteiger partial charge in [-0.25, -0.2) is 18.6 Å². The first-order chi connectivity index (χ1) is 14.2. The van der Waals surface area contributed by atoms with Crippen molar-refractivity contribution >= 4 is 0 Å². The molecule has 0 aliphatic heterocycles. The second-order valence-corrected chi connectivity index (χ2v) is 9.56. The predicted octanol–water partition coefficient (Wildman–Crippen LogP) is 6.56. The van der Waals surface area contributed by atoms with Crippen LogP contribution < -0.4 is 0 Å². The molecule has 0 heterocycles. The molecule has 0 fully saturated rings. The summed E-state index contributed by atoms with van der Waals surface area (Å²) in [6, 6.07) is 0. The molecule has 5 unspecified atom stereocenters. The standard InChI is InChI=1S/C27H47O3/c1-7-9-19-30-26-23(5)22(4)25(28)20-24(26)16-12-10-11-13-17-27(6,29)18-14-15-21(3)8-2/h8,10,12,20,22-23,25-26,28-29H,2,7,9,11,13-19H2,1,3-6H3/q-1/b12-10+. The van der Waals surface area contributed by atoms with E-state index in [0.717, 1.165) is 64.4 Å². The fourth-order valence-electron chi connectivity index (χ4n) is 4.10. The number of rotatable bonds is 15. The van der Waals surface area contributed by atoms with Crippen LogP contribution in [0.2, 0.25) is 0 Å². The van der Waals surface area contributed by atoms with Crippen molar-refractivity contribution in [2.75, 3.05) is 6.61 Å². The number of aliphatic hydroxyl groups is 2. The van der Waals surface area contributed by atoms with Gasteiger partial charge in [0.2, 0.25) is 0 Å². The van der Waals surface area contributed by atoms with Crippen LogP contribution in [-0.4, -0.2) is 34.6 Å². The molecule has 30 heavy (non-hydrogen) atoms. The summed E-state index contributed by atoms with van der Waals surface area (Å²) in [6.07, 6.45) is 16.7. The van der Waals surface area contributed by atoms with E-state index < -0.39 is 5.60 Å². The Morgan fingerprint density at radius 3 is 2.53 bits per heavy atom. The lowest BCUT2D eigenvalue weighted by Crippen LogP contribution is -2.38. The molecule has 3 heteroatoms. The van der Waals surface area contributed by atoms with Crippen LogP contribution in [0.4, 0.5) is 0 Å². The fraction of sp³-hybridized carbons (Fsp3) is 0.741. The molecule has 0 bridgehead atoms. The first-order valence-electron chi connectivity index (χ1n) is 12.0. The van der Waals surface area contributed by atoms with E-state index in [2.05, 4.69) is 46.4 Å². The zero-order chi connectivity index (χ0) is 22.6. The molecule has 0 aromatic carbocycles. The third-order valence-corrected chi connectivity index (χ3v) is 6.63. The van der Waals surface area contributed by atoms with Crippen molar-refractivity contribution < 1.29 is 14.9 Å². The number of hydrogen-bond donors (Lipinski definition) is 2. The van der Waals surface area contributed by atoms with E-state index in [1.807, 2.05) is 19.1 Å². The van der Waals surface area contributed by atoms with Gasteiger partial charge in [0, 0.05) is 6.61 Å². The summed E-state index contributed by atoms with van der Waals surface area (Å²) in [7, 11) is 0. The number of ether oxygens (including phenoxy) is 1. The minimum atomic E-state index is -0.588. The van der Waals surface area contributed by atoms with Crippen molar-refractivity contribution in [2.45, 2.75) is 110 Å². The molecule has 3 nitrogen and oxygen atoms in total. The molecule has 0 saturated carbocycles. The molecule has 0 aromatic heterocycles. The summed E-state index contributed by atoms with van der Waals surface area (Å²) < 4.78 is 6.20. The van der Waals surface area contributed by atoms with Crippen molar-refractivity contribution in [2.24, 2.45) is 11.8 Å². The second-order valence-electron chi connectivity index (χ2n) is 9.56. The Balaban J connectivity index is 2.43. The summed E-state index contributed by atoms with van der Waals surface area (Å²) >= 11 is 0. The van der Waals surface area contributed by atoms with E-state index in [9.17, 15) is 10.2 Å². The predicted molar refractivity (Wildman–Crippen MR) is 128 cm³/mol. The van der Waals surface area contributed by atoms with Gasteiger partial charge in [-0.2, -0.15) is 0 Å². The van der Waals surface area contributed by atoms with Crippen LogP contribution in [0.5, 0.6) is 0 Å². The lowest BCUT2D eigenvalue weighted by atomic mass is 9.77. The maximum atomic E-state index is 10.6. The minimum absolute atomic E-state index is 0.108. The molecule has 0 aromatic rings. The third-order valence-electron chi connectivity index (χ3n) is 6.63. The van der Waals surface area contributed by atoms with Gasteiger partial charge in [0.05, 0.1) is 17.8 Å². The van der Waals surface area contributed by atoms with Crippen LogP contribution in [-0.2, 0) is 4.74 Å². The number of hydrogen-bond acceptors (Lipinski definition) is 3. The highest BCUT2D eigenvalue weighted by molar-refractivity contribution is 5.20. The smallest absolute Gasteiger partial charge is 0.0818 e. The van der Waals surface area contributed by atoms with Crippen molar-refractivity contribution in [1.29, 1.82) is 0 Å². The fourth-order valence-corrected chi connectivity index (χ4v) is 4.10. The lowest BCUT2D eigenvalue weighted by molar-refractivity contribution is -0.0111. The van der Waals surface area contributed by atoms with E-state index in [1.165, 1.54) is 11.5 Å². The van der Waals surface area contributed by atoms with Crippen molar-refractivity contribution in [1.82, 2.24) is 0 Å². The third kappa shape index (κ3) is 9.85. The van der Waals surface area contributed by atoms with Crippen LogP contribution in [0.1, 0.15) is 92.4 Å². The van der Waals surface area contributed by atoms with Gasteiger partial charge < -0.3 is 14.9 Å². The Labute approximate surface area is 186 Å². The van der Waals surface area contributed by atoms with E-state index in [0.29, 0.717) is 5.92 Å². The number of allylic oxidation sites excluding steroid dienone is 3. The van der Waals surface area contributed by atoms with Crippen LogP contribution in [0.15, 0.2) is 36.5 Å². The normalized spacial score (nSPS) is 26.4. The van der Waals surface area contributed by atoms with Crippen LogP contribution in [0.3, 0.4) is 0 Å². The van der Waals surface area contributed by atoms with Gasteiger partial charge in [-0.3, -0.25) is 0 Å². The van der Waals surface area contributed by atoms with Gasteiger partial charge in [0.25, 0.3) is 0 Å². The summed E-state index contributed by atoms with van der Waals surface area (Å²) in [5.41, 5.74) is 0.621. The SMILES string of the molecule is C=C[C-](C)CCCC(C)(O)CCC/C=C/CC1=CC(O)C(C)C(C)C1OCCCC. The topological polar surface area (TPSA) is 49.7 Å². The van der Waals surface area contributed by atoms with Crippen LogP contribution in [0.25, 0.3) is 0 Å². The average molecular weight is 420 g/mol. The molecule has 174 valence electrons. The van der Waals surface area contributed by atoms with Crippen molar-refractivity contribution in [3.63, 3.8) is 0 Å². The van der Waals surface area contributed by atoms with E-state index in [-0.39, 0.29) is 18.1 Å². The van der Waals surface area contributed by atoms with E-state index in [4.69, 9.17) is 4.74 Å². The molecule has 0 amide bonds. The summed E-state index contributed by atoms with van der Waals surface area (Å²) in [5.74, 6) is 1.83. The Bertz CT molecular complexity index is 534. The quantitative estimate of drug-likeness (QED) is 0.179. The molecule has 1 aliphatic rings. The maximum Gasteiger partial charge on any atom is 0.0818 e. The maximum absolute atomic E-state index is 10.6. The molecule has 1 aliphatic carbocycles. The molecule has 0 spiro atoms. The molecule has 0 saturated heterocycles. The summed E-state index contributed by atoms with van der Waals surface area (Å²) in [4.78, 5) is 0. The summed E-state index contributed by atoms with van der Waals surface area (Å²) in [5, 5.41) is 20.9. The molecule has 0 radical (unpaired) electrons. The van der Waals surface area contributed by atoms with Crippen LogP contribution >= 0.6 is 0 Å². The Hall–Kier alpha value is -1.03. The molecule has 2 N–H and O–H groups in total. The van der Waals surface area contributed by atoms with Crippen LogP contribution in [0, 0.1) is 17.8 Å². The second kappa shape index (κ2) is 14.1.